The molecule has 0 fully saturated rings. The lowest BCUT2D eigenvalue weighted by Crippen LogP contribution is -2.23. The van der Waals surface area contributed by atoms with Crippen molar-refractivity contribution in [2.45, 2.75) is 6.42 Å². The highest BCUT2D eigenvalue weighted by Crippen LogP contribution is 2.24. The van der Waals surface area contributed by atoms with Crippen molar-refractivity contribution in [3.8, 4) is 5.69 Å². The average molecular weight is 490 g/mol. The lowest BCUT2D eigenvalue weighted by Gasteiger charge is -2.13. The largest absolute Gasteiger partial charge is 0.452 e. The summed E-state index contributed by atoms with van der Waals surface area (Å²) >= 11 is 6.06. The number of nitrogens with zero attached hydrogens (tertiary/aromatic N) is 3. The number of halogens is 1. The Bertz CT molecular complexity index is 1340. The van der Waals surface area contributed by atoms with Crippen LogP contribution in [-0.4, -0.2) is 39.2 Å². The molecule has 176 valence electrons. The molecular weight excluding hydrogens is 470 g/mol. The first-order chi connectivity index (χ1) is 17.0. The number of rotatable bonds is 8. The number of benzene rings is 3. The van der Waals surface area contributed by atoms with Crippen molar-refractivity contribution in [1.82, 2.24) is 14.8 Å². The van der Waals surface area contributed by atoms with Gasteiger partial charge in [0.1, 0.15) is 12.7 Å². The van der Waals surface area contributed by atoms with Gasteiger partial charge in [-0.25, -0.2) is 14.5 Å². The molecule has 0 bridgehead atoms. The number of aromatic nitrogens is 3. The van der Waals surface area contributed by atoms with E-state index in [-0.39, 0.29) is 17.9 Å². The Kier molecular flexibility index (Phi) is 7.49. The zero-order valence-corrected chi connectivity index (χ0v) is 19.1. The molecule has 0 aliphatic heterocycles. The van der Waals surface area contributed by atoms with E-state index in [0.717, 1.165) is 5.56 Å². The van der Waals surface area contributed by atoms with Crippen LogP contribution in [0.15, 0.2) is 85.5 Å². The molecule has 0 unspecified atom stereocenters. The summed E-state index contributed by atoms with van der Waals surface area (Å²) in [6, 6.07) is 20.5. The Morgan fingerprint density at radius 3 is 2.40 bits per heavy atom. The second kappa shape index (κ2) is 11.1. The number of anilines is 2. The van der Waals surface area contributed by atoms with Gasteiger partial charge in [0, 0.05) is 5.02 Å². The molecule has 35 heavy (non-hydrogen) atoms. The molecule has 10 heteroatoms. The van der Waals surface area contributed by atoms with E-state index in [1.807, 2.05) is 30.3 Å². The molecule has 2 N–H and O–H groups in total. The van der Waals surface area contributed by atoms with Crippen molar-refractivity contribution < 1.29 is 19.1 Å². The van der Waals surface area contributed by atoms with Gasteiger partial charge in [-0.05, 0) is 35.9 Å². The summed E-state index contributed by atoms with van der Waals surface area (Å²) in [6.45, 7) is -0.547. The van der Waals surface area contributed by atoms with Gasteiger partial charge in [0.25, 0.3) is 5.91 Å². The van der Waals surface area contributed by atoms with E-state index in [9.17, 15) is 14.4 Å². The highest BCUT2D eigenvalue weighted by Gasteiger charge is 2.17. The zero-order valence-electron chi connectivity index (χ0n) is 18.3. The van der Waals surface area contributed by atoms with Crippen LogP contribution in [0.3, 0.4) is 0 Å². The summed E-state index contributed by atoms with van der Waals surface area (Å²) in [6.07, 6.45) is 2.99. The van der Waals surface area contributed by atoms with Gasteiger partial charge in [-0.15, -0.1) is 0 Å². The Labute approximate surface area is 205 Å². The van der Waals surface area contributed by atoms with Crippen LogP contribution in [0.4, 0.5) is 11.4 Å². The van der Waals surface area contributed by atoms with Gasteiger partial charge in [0.05, 0.1) is 29.0 Å². The van der Waals surface area contributed by atoms with Crippen LogP contribution in [0.5, 0.6) is 0 Å². The van der Waals surface area contributed by atoms with Crippen molar-refractivity contribution in [2.75, 3.05) is 17.2 Å². The van der Waals surface area contributed by atoms with Crippen LogP contribution in [0.1, 0.15) is 15.9 Å². The number of para-hydroxylation sites is 1. The topological polar surface area (TPSA) is 115 Å². The smallest absolute Gasteiger partial charge is 0.340 e. The van der Waals surface area contributed by atoms with E-state index < -0.39 is 18.5 Å². The van der Waals surface area contributed by atoms with Crippen LogP contribution < -0.4 is 10.6 Å². The summed E-state index contributed by atoms with van der Waals surface area (Å²) in [5, 5.41) is 9.84. The summed E-state index contributed by atoms with van der Waals surface area (Å²) in [5.74, 6) is -1.61. The maximum Gasteiger partial charge on any atom is 0.340 e. The molecule has 1 aromatic heterocycles. The molecule has 2 amide bonds. The predicted octanol–water partition coefficient (Wildman–Crippen LogP) is 3.90. The van der Waals surface area contributed by atoms with Crippen LogP contribution in [0, 0.1) is 0 Å². The Morgan fingerprint density at radius 1 is 0.886 bits per heavy atom. The number of amides is 2. The quantitative estimate of drug-likeness (QED) is 0.363. The summed E-state index contributed by atoms with van der Waals surface area (Å²) in [5.41, 5.74) is 2.18. The minimum Gasteiger partial charge on any atom is -0.452 e. The van der Waals surface area contributed by atoms with E-state index in [4.69, 9.17) is 16.3 Å². The molecule has 0 atom stereocenters. The van der Waals surface area contributed by atoms with Gasteiger partial charge in [0.15, 0.2) is 6.61 Å². The van der Waals surface area contributed by atoms with Gasteiger partial charge in [-0.3, -0.25) is 9.59 Å². The van der Waals surface area contributed by atoms with E-state index in [1.165, 1.54) is 23.4 Å². The molecule has 0 spiro atoms. The van der Waals surface area contributed by atoms with Crippen LogP contribution in [-0.2, 0) is 20.7 Å². The van der Waals surface area contributed by atoms with Crippen molar-refractivity contribution in [3.05, 3.63) is 102 Å². The number of esters is 1. The van der Waals surface area contributed by atoms with Gasteiger partial charge < -0.3 is 15.4 Å². The predicted molar refractivity (Wildman–Crippen MR) is 130 cm³/mol. The van der Waals surface area contributed by atoms with Gasteiger partial charge in [-0.2, -0.15) is 5.10 Å². The van der Waals surface area contributed by atoms with Gasteiger partial charge in [-0.1, -0.05) is 54.1 Å². The molecule has 4 aromatic rings. The Morgan fingerprint density at radius 2 is 1.63 bits per heavy atom. The summed E-state index contributed by atoms with van der Waals surface area (Å²) < 4.78 is 6.66. The highest BCUT2D eigenvalue weighted by atomic mass is 35.5. The number of carbonyl (C=O) groups is 3. The molecule has 0 saturated heterocycles. The highest BCUT2D eigenvalue weighted by molar-refractivity contribution is 6.31. The molecule has 9 nitrogen and oxygen atoms in total. The lowest BCUT2D eigenvalue weighted by molar-refractivity contribution is -0.119. The summed E-state index contributed by atoms with van der Waals surface area (Å²) in [4.78, 5) is 41.5. The number of nitrogens with one attached hydrogen (secondary N) is 2. The molecular formula is C25H20ClN5O4. The first-order valence-electron chi connectivity index (χ1n) is 10.5. The van der Waals surface area contributed by atoms with Crippen molar-refractivity contribution in [1.29, 1.82) is 0 Å². The third-order valence-corrected chi connectivity index (χ3v) is 5.10. The number of ether oxygens (including phenoxy) is 1. The molecule has 3 aromatic carbocycles. The number of carbonyl (C=O) groups excluding carboxylic acids is 3. The van der Waals surface area contributed by atoms with Crippen LogP contribution in [0.25, 0.3) is 5.69 Å². The number of hydrogen-bond donors (Lipinski definition) is 2. The Hall–Kier alpha value is -4.50. The second-order valence-corrected chi connectivity index (χ2v) is 7.82. The standard InChI is InChI=1S/C25H20ClN5O4/c26-18-10-11-22(31-16-27-15-28-31)21(13-18)30-24(33)14-35-25(34)19-8-4-5-9-20(19)29-23(32)12-17-6-2-1-3-7-17/h1-11,13,15-16H,12,14H2,(H,29,32)(H,30,33). The van der Waals surface area contributed by atoms with Crippen LogP contribution >= 0.6 is 11.6 Å². The van der Waals surface area contributed by atoms with Crippen molar-refractivity contribution in [3.63, 3.8) is 0 Å². The second-order valence-electron chi connectivity index (χ2n) is 7.38. The zero-order chi connectivity index (χ0) is 24.6. The average Bonchev–Trinajstić information content (AvgIpc) is 3.38. The van der Waals surface area contributed by atoms with E-state index in [1.54, 1.807) is 36.4 Å². The minimum absolute atomic E-state index is 0.132. The molecule has 0 aliphatic carbocycles. The van der Waals surface area contributed by atoms with E-state index in [2.05, 4.69) is 20.7 Å². The monoisotopic (exact) mass is 489 g/mol. The molecule has 0 aliphatic rings. The normalized spacial score (nSPS) is 10.4. The van der Waals surface area contributed by atoms with Crippen LogP contribution in [0.2, 0.25) is 5.02 Å². The fourth-order valence-electron chi connectivity index (χ4n) is 3.28. The number of hydrogen-bond acceptors (Lipinski definition) is 6. The maximum atomic E-state index is 12.7. The molecule has 0 saturated carbocycles. The summed E-state index contributed by atoms with van der Waals surface area (Å²) in [7, 11) is 0. The Balaban J connectivity index is 1.38. The SMILES string of the molecule is O=C(Cc1ccccc1)Nc1ccccc1C(=O)OCC(=O)Nc1cc(Cl)ccc1-n1cncn1. The first-order valence-corrected chi connectivity index (χ1v) is 10.9. The first kappa shape index (κ1) is 23.7. The van der Waals surface area contributed by atoms with Gasteiger partial charge in [0.2, 0.25) is 5.91 Å². The minimum atomic E-state index is -0.752. The fraction of sp³-hybridized carbons (Fsp3) is 0.0800. The third-order valence-electron chi connectivity index (χ3n) is 4.86. The lowest BCUT2D eigenvalue weighted by atomic mass is 10.1. The maximum absolute atomic E-state index is 12.7. The van der Waals surface area contributed by atoms with Crippen molar-refractivity contribution >= 4 is 40.8 Å². The van der Waals surface area contributed by atoms with Crippen molar-refractivity contribution in [2.24, 2.45) is 0 Å². The van der Waals surface area contributed by atoms with E-state index >= 15 is 0 Å². The van der Waals surface area contributed by atoms with Gasteiger partial charge >= 0.3 is 5.97 Å². The molecule has 4 rings (SSSR count). The van der Waals surface area contributed by atoms with E-state index in [0.29, 0.717) is 22.1 Å². The fourth-order valence-corrected chi connectivity index (χ4v) is 3.45. The molecule has 1 heterocycles. The third kappa shape index (κ3) is 6.30. The molecule has 0 radical (unpaired) electrons.